The van der Waals surface area contributed by atoms with Crippen molar-refractivity contribution < 1.29 is 0 Å². The van der Waals surface area contributed by atoms with Gasteiger partial charge in [0.15, 0.2) is 0 Å². The van der Waals surface area contributed by atoms with Crippen LogP contribution in [0.4, 0.5) is 0 Å². The van der Waals surface area contributed by atoms with E-state index in [1.54, 1.807) is 0 Å². The Morgan fingerprint density at radius 3 is 2.63 bits per heavy atom. The lowest BCUT2D eigenvalue weighted by Crippen LogP contribution is -2.53. The van der Waals surface area contributed by atoms with Crippen molar-refractivity contribution in [2.24, 2.45) is 0 Å². The molecular formula is C16H27N3. The number of likely N-dealkylation sites (N-methyl/N-ethyl adjacent to an activating group) is 2. The lowest BCUT2D eigenvalue weighted by atomic mass is 10.0. The summed E-state index contributed by atoms with van der Waals surface area (Å²) in [5, 5.41) is 3.52. The Kier molecular flexibility index (Phi) is 5.37. The molecule has 0 radical (unpaired) electrons. The number of nitrogens with zero attached hydrogens (tertiary/aromatic N) is 2. The first-order chi connectivity index (χ1) is 9.22. The molecule has 19 heavy (non-hydrogen) atoms. The van der Waals surface area contributed by atoms with Gasteiger partial charge in [0.1, 0.15) is 0 Å². The van der Waals surface area contributed by atoms with Gasteiger partial charge in [-0.15, -0.1) is 0 Å². The topological polar surface area (TPSA) is 18.5 Å². The van der Waals surface area contributed by atoms with E-state index in [1.165, 1.54) is 12.1 Å². The Morgan fingerprint density at radius 1 is 1.26 bits per heavy atom. The second kappa shape index (κ2) is 7.04. The van der Waals surface area contributed by atoms with E-state index in [9.17, 15) is 0 Å². The maximum Gasteiger partial charge on any atom is 0.0476 e. The van der Waals surface area contributed by atoms with Gasteiger partial charge in [-0.25, -0.2) is 0 Å². The Labute approximate surface area is 117 Å². The molecule has 3 nitrogen and oxygen atoms in total. The van der Waals surface area contributed by atoms with Crippen molar-refractivity contribution in [3.8, 4) is 0 Å². The molecule has 3 heteroatoms. The van der Waals surface area contributed by atoms with Gasteiger partial charge in [-0.2, -0.15) is 0 Å². The lowest BCUT2D eigenvalue weighted by Gasteiger charge is -2.43. The van der Waals surface area contributed by atoms with Crippen LogP contribution in [-0.4, -0.2) is 55.6 Å². The van der Waals surface area contributed by atoms with Crippen LogP contribution in [0.2, 0.25) is 0 Å². The highest BCUT2D eigenvalue weighted by Gasteiger charge is 2.28. The molecule has 0 aromatic heterocycles. The summed E-state index contributed by atoms with van der Waals surface area (Å²) >= 11 is 0. The third kappa shape index (κ3) is 3.78. The first kappa shape index (κ1) is 14.5. The average molecular weight is 261 g/mol. The number of nitrogens with one attached hydrogen (secondary N) is 1. The smallest absolute Gasteiger partial charge is 0.0476 e. The molecule has 2 atom stereocenters. The van der Waals surface area contributed by atoms with Crippen molar-refractivity contribution in [2.45, 2.75) is 25.9 Å². The van der Waals surface area contributed by atoms with E-state index < -0.39 is 0 Å². The number of rotatable bonds is 5. The Morgan fingerprint density at radius 2 is 2.00 bits per heavy atom. The van der Waals surface area contributed by atoms with E-state index >= 15 is 0 Å². The van der Waals surface area contributed by atoms with E-state index in [0.29, 0.717) is 12.1 Å². The van der Waals surface area contributed by atoms with Crippen LogP contribution < -0.4 is 5.32 Å². The van der Waals surface area contributed by atoms with Crippen molar-refractivity contribution >= 4 is 0 Å². The summed E-state index contributed by atoms with van der Waals surface area (Å²) in [6.07, 6.45) is 0. The van der Waals surface area contributed by atoms with Gasteiger partial charge in [0, 0.05) is 38.3 Å². The molecule has 1 aliphatic rings. The number of hydrogen-bond donors (Lipinski definition) is 1. The quantitative estimate of drug-likeness (QED) is 0.874. The number of piperazine rings is 1. The Balaban J connectivity index is 2.13. The summed E-state index contributed by atoms with van der Waals surface area (Å²) in [7, 11) is 2.22. The monoisotopic (exact) mass is 261 g/mol. The molecule has 2 rings (SSSR count). The van der Waals surface area contributed by atoms with E-state index in [4.69, 9.17) is 0 Å². The summed E-state index contributed by atoms with van der Waals surface area (Å²) < 4.78 is 0. The molecule has 0 saturated carbocycles. The largest absolute Gasteiger partial charge is 0.315 e. The molecule has 1 saturated heterocycles. The maximum absolute atomic E-state index is 3.52. The maximum atomic E-state index is 3.52. The van der Waals surface area contributed by atoms with Crippen LogP contribution in [-0.2, 0) is 0 Å². The van der Waals surface area contributed by atoms with Gasteiger partial charge >= 0.3 is 0 Å². The second-order valence-corrected chi connectivity index (χ2v) is 5.58. The van der Waals surface area contributed by atoms with E-state index in [1.807, 2.05) is 0 Å². The first-order valence-electron chi connectivity index (χ1n) is 7.42. The van der Waals surface area contributed by atoms with Gasteiger partial charge in [0.25, 0.3) is 0 Å². The number of hydrogen-bond acceptors (Lipinski definition) is 3. The fourth-order valence-corrected chi connectivity index (χ4v) is 3.00. The van der Waals surface area contributed by atoms with Gasteiger partial charge in [-0.3, -0.25) is 4.90 Å². The van der Waals surface area contributed by atoms with Crippen molar-refractivity contribution in [1.29, 1.82) is 0 Å². The molecule has 2 unspecified atom stereocenters. The van der Waals surface area contributed by atoms with Crippen LogP contribution >= 0.6 is 0 Å². The van der Waals surface area contributed by atoms with Crippen molar-refractivity contribution in [3.05, 3.63) is 35.9 Å². The summed E-state index contributed by atoms with van der Waals surface area (Å²) in [6.45, 7) is 10.1. The predicted molar refractivity (Wildman–Crippen MR) is 81.4 cm³/mol. The molecular weight excluding hydrogens is 234 g/mol. The van der Waals surface area contributed by atoms with Crippen LogP contribution in [0.3, 0.4) is 0 Å². The van der Waals surface area contributed by atoms with Crippen LogP contribution in [0.5, 0.6) is 0 Å². The standard InChI is InChI=1S/C16H27N3/c1-4-17-12-16(15-8-6-5-7-9-15)19-11-10-18(3)13-14(19)2/h5-9,14,16-17H,4,10-13H2,1-3H3. The normalized spacial score (nSPS) is 23.4. The van der Waals surface area contributed by atoms with Gasteiger partial charge in [-0.1, -0.05) is 37.3 Å². The summed E-state index contributed by atoms with van der Waals surface area (Å²) in [5.74, 6) is 0. The molecule has 0 spiro atoms. The molecule has 1 aromatic carbocycles. The molecule has 0 bridgehead atoms. The zero-order valence-corrected chi connectivity index (χ0v) is 12.5. The highest BCUT2D eigenvalue weighted by atomic mass is 15.3. The number of benzene rings is 1. The Bertz CT molecular complexity index is 366. The molecule has 1 fully saturated rings. The fourth-order valence-electron chi connectivity index (χ4n) is 3.00. The van der Waals surface area contributed by atoms with Crippen LogP contribution in [0.1, 0.15) is 25.5 Å². The minimum atomic E-state index is 0.491. The minimum absolute atomic E-state index is 0.491. The van der Waals surface area contributed by atoms with E-state index in [0.717, 1.165) is 26.2 Å². The molecule has 106 valence electrons. The predicted octanol–water partition coefficient (Wildman–Crippen LogP) is 1.97. The van der Waals surface area contributed by atoms with Crippen molar-refractivity contribution in [1.82, 2.24) is 15.1 Å². The zero-order chi connectivity index (χ0) is 13.7. The van der Waals surface area contributed by atoms with Crippen molar-refractivity contribution in [3.63, 3.8) is 0 Å². The van der Waals surface area contributed by atoms with Crippen LogP contribution in [0.15, 0.2) is 30.3 Å². The highest BCUT2D eigenvalue weighted by molar-refractivity contribution is 5.20. The summed E-state index contributed by atoms with van der Waals surface area (Å²) in [5.41, 5.74) is 1.43. The molecule has 0 aliphatic carbocycles. The Hall–Kier alpha value is -0.900. The summed E-state index contributed by atoms with van der Waals surface area (Å²) in [6, 6.07) is 12.0. The van der Waals surface area contributed by atoms with Gasteiger partial charge in [-0.05, 0) is 26.1 Å². The molecule has 1 aliphatic heterocycles. The van der Waals surface area contributed by atoms with Gasteiger partial charge in [0.05, 0.1) is 0 Å². The lowest BCUT2D eigenvalue weighted by molar-refractivity contribution is 0.0604. The SMILES string of the molecule is CCNCC(c1ccccc1)N1CCN(C)CC1C. The van der Waals surface area contributed by atoms with Crippen molar-refractivity contribution in [2.75, 3.05) is 39.8 Å². The third-order valence-electron chi connectivity index (χ3n) is 4.05. The third-order valence-corrected chi connectivity index (χ3v) is 4.05. The summed E-state index contributed by atoms with van der Waals surface area (Å²) in [4.78, 5) is 5.08. The molecule has 1 N–H and O–H groups in total. The van der Waals surface area contributed by atoms with E-state index in [2.05, 4.69) is 66.3 Å². The van der Waals surface area contributed by atoms with E-state index in [-0.39, 0.29) is 0 Å². The minimum Gasteiger partial charge on any atom is -0.315 e. The zero-order valence-electron chi connectivity index (χ0n) is 12.5. The molecule has 0 amide bonds. The van der Waals surface area contributed by atoms with Crippen LogP contribution in [0, 0.1) is 0 Å². The van der Waals surface area contributed by atoms with Gasteiger partial charge < -0.3 is 10.2 Å². The molecule has 1 heterocycles. The first-order valence-corrected chi connectivity index (χ1v) is 7.42. The van der Waals surface area contributed by atoms with Crippen LogP contribution in [0.25, 0.3) is 0 Å². The average Bonchev–Trinajstić information content (AvgIpc) is 2.42. The fraction of sp³-hybridized carbons (Fsp3) is 0.625. The molecule has 1 aromatic rings. The second-order valence-electron chi connectivity index (χ2n) is 5.58. The van der Waals surface area contributed by atoms with Gasteiger partial charge in [0.2, 0.25) is 0 Å². The highest BCUT2D eigenvalue weighted by Crippen LogP contribution is 2.24.